The van der Waals surface area contributed by atoms with E-state index in [0.29, 0.717) is 128 Å². The molecule has 2 aliphatic heterocycles. The number of carbonyl (C=O) groups is 2. The molecule has 0 aromatic rings. The molecule has 0 spiro atoms. The number of esters is 2. The summed E-state index contributed by atoms with van der Waals surface area (Å²) in [6, 6.07) is 0. The minimum Gasteiger partial charge on any atom is -0.385 e. The summed E-state index contributed by atoms with van der Waals surface area (Å²) in [4.78, 5) is 27.0. The Labute approximate surface area is 314 Å². The molecule has 2 atom stereocenters. The summed E-state index contributed by atoms with van der Waals surface area (Å²) < 4.78 is 83.0. The van der Waals surface area contributed by atoms with Crippen molar-refractivity contribution in [3.63, 3.8) is 0 Å². The van der Waals surface area contributed by atoms with Gasteiger partial charge in [-0.05, 0) is 0 Å². The van der Waals surface area contributed by atoms with Crippen molar-refractivity contribution in [3.05, 3.63) is 0 Å². The van der Waals surface area contributed by atoms with Gasteiger partial charge < -0.3 is 80.0 Å². The van der Waals surface area contributed by atoms with E-state index in [-0.39, 0.29) is 53.5 Å². The van der Waals surface area contributed by atoms with Gasteiger partial charge in [-0.15, -0.1) is 0 Å². The summed E-state index contributed by atoms with van der Waals surface area (Å²) in [5.74, 6) is -1.25. The maximum absolute atomic E-state index is 13.5. The van der Waals surface area contributed by atoms with Crippen LogP contribution in [0, 0.1) is 0 Å². The Kier molecular flexibility index (Phi) is 27.6. The summed E-state index contributed by atoms with van der Waals surface area (Å²) in [5, 5.41) is 0. The Hall–Kier alpha value is -1.50. The number of morpholine rings is 2. The molecule has 2 rings (SSSR count). The van der Waals surface area contributed by atoms with Crippen molar-refractivity contribution in [1.29, 1.82) is 0 Å². The maximum atomic E-state index is 13.5. The summed E-state index contributed by atoms with van der Waals surface area (Å²) in [6.07, 6.45) is -0.897. The van der Waals surface area contributed by atoms with Crippen LogP contribution in [0.2, 0.25) is 0 Å². The fraction of sp³-hybridized carbons (Fsp3) is 0.941. The van der Waals surface area contributed by atoms with Gasteiger partial charge in [-0.2, -0.15) is 0 Å². The van der Waals surface area contributed by atoms with Gasteiger partial charge in [-0.1, -0.05) is 0 Å². The topological polar surface area (TPSA) is 173 Å². The van der Waals surface area contributed by atoms with Crippen LogP contribution in [0.4, 0.5) is 0 Å². The van der Waals surface area contributed by atoms with Crippen molar-refractivity contribution in [1.82, 2.24) is 0 Å². The van der Waals surface area contributed by atoms with Crippen molar-refractivity contribution < 1.29 is 89.6 Å². The van der Waals surface area contributed by atoms with Crippen LogP contribution in [-0.2, 0) is 80.6 Å². The van der Waals surface area contributed by atoms with Gasteiger partial charge in [0.15, 0.2) is 13.1 Å². The number of quaternary nitrogens is 2. The van der Waals surface area contributed by atoms with Crippen molar-refractivity contribution in [3.8, 4) is 0 Å². The van der Waals surface area contributed by atoms with Crippen molar-refractivity contribution in [2.24, 2.45) is 0 Å². The molecule has 0 radical (unpaired) electrons. The lowest BCUT2D eigenvalue weighted by Crippen LogP contribution is -2.62. The van der Waals surface area contributed by atoms with Crippen molar-refractivity contribution in [2.75, 3.05) is 200 Å². The monoisotopic (exact) mass is 774 g/mol. The van der Waals surface area contributed by atoms with E-state index in [1.54, 1.807) is 28.4 Å². The minimum atomic E-state index is -0.627. The molecule has 53 heavy (non-hydrogen) atoms. The Morgan fingerprint density at radius 3 is 1.17 bits per heavy atom. The first-order chi connectivity index (χ1) is 25.9. The number of methoxy groups -OCH3 is 4. The molecule has 2 heterocycles. The third kappa shape index (κ3) is 22.6. The number of rotatable bonds is 34. The smallest absolute Gasteiger partial charge is 0.369 e. The van der Waals surface area contributed by atoms with Crippen LogP contribution in [0.3, 0.4) is 0 Å². The quantitative estimate of drug-likeness (QED) is 0.0257. The highest BCUT2D eigenvalue weighted by Gasteiger charge is 2.40. The molecule has 312 valence electrons. The Bertz CT molecular complexity index is 838. The molecule has 2 fully saturated rings. The summed E-state index contributed by atoms with van der Waals surface area (Å²) in [5.41, 5.74) is 0. The van der Waals surface area contributed by atoms with E-state index in [1.165, 1.54) is 0 Å². The van der Waals surface area contributed by atoms with Crippen LogP contribution in [0.25, 0.3) is 0 Å². The lowest BCUT2D eigenvalue weighted by molar-refractivity contribution is -0.932. The zero-order valence-electron chi connectivity index (χ0n) is 32.4. The van der Waals surface area contributed by atoms with Gasteiger partial charge in [-0.25, -0.2) is 9.59 Å². The highest BCUT2D eigenvalue weighted by molar-refractivity contribution is 5.86. The second-order valence-electron chi connectivity index (χ2n) is 12.7. The van der Waals surface area contributed by atoms with Gasteiger partial charge >= 0.3 is 11.9 Å². The van der Waals surface area contributed by atoms with E-state index >= 15 is 0 Å². The molecule has 0 N–H and O–H groups in total. The number of nitrogens with zero attached hydrogens (tertiary/aromatic N) is 2. The van der Waals surface area contributed by atoms with E-state index in [1.807, 2.05) is 0 Å². The zero-order valence-corrected chi connectivity index (χ0v) is 32.4. The van der Waals surface area contributed by atoms with E-state index in [2.05, 4.69) is 0 Å². The first-order valence-electron chi connectivity index (χ1n) is 18.1. The first-order valence-corrected chi connectivity index (χ1v) is 18.1. The van der Waals surface area contributed by atoms with Crippen LogP contribution < -0.4 is 0 Å². The molecule has 0 aromatic heterocycles. The fourth-order valence-electron chi connectivity index (χ4n) is 5.75. The van der Waals surface area contributed by atoms with Crippen LogP contribution in [-0.4, -0.2) is 234 Å². The van der Waals surface area contributed by atoms with Gasteiger partial charge in [0, 0.05) is 28.4 Å². The van der Waals surface area contributed by atoms with Gasteiger partial charge in [0.1, 0.15) is 78.6 Å². The molecule has 2 unspecified atom stereocenters. The fourth-order valence-corrected chi connectivity index (χ4v) is 5.75. The lowest BCUT2D eigenvalue weighted by Gasteiger charge is -2.43. The zero-order chi connectivity index (χ0) is 38.3. The molecule has 2 aliphatic rings. The largest absolute Gasteiger partial charge is 0.385 e. The van der Waals surface area contributed by atoms with Crippen molar-refractivity contribution >= 4 is 11.9 Å². The molecule has 0 saturated carbocycles. The van der Waals surface area contributed by atoms with Crippen LogP contribution in [0.1, 0.15) is 0 Å². The Balaban J connectivity index is 2.05. The standard InChI is InChI=1S/C34H66N2O17/c1-39-13-17-45-27-49-25-31(51-29-47-19-15-41-3)21-35(5-9-43-10-6-35)23-33(37)53-34(38)24-36(7-11-44-12-8-36)22-32(52-30-48-20-16-42-4)26-50-28-46-18-14-40-2/h31-32H,5-30H2,1-4H3/q+2. The van der Waals surface area contributed by atoms with Gasteiger partial charge in [0.25, 0.3) is 0 Å². The molecular weight excluding hydrogens is 708 g/mol. The van der Waals surface area contributed by atoms with Crippen molar-refractivity contribution in [2.45, 2.75) is 12.2 Å². The van der Waals surface area contributed by atoms with E-state index < -0.39 is 24.1 Å². The maximum Gasteiger partial charge on any atom is 0.369 e. The first kappa shape index (κ1) is 47.7. The molecule has 0 aromatic carbocycles. The molecular formula is C34H66N2O17+2. The van der Waals surface area contributed by atoms with Gasteiger partial charge in [0.05, 0.1) is 92.5 Å². The minimum absolute atomic E-state index is 0.0148. The highest BCUT2D eigenvalue weighted by atomic mass is 16.7. The molecule has 19 nitrogen and oxygen atoms in total. The molecule has 0 bridgehead atoms. The summed E-state index contributed by atoms with van der Waals surface area (Å²) >= 11 is 0. The second-order valence-corrected chi connectivity index (χ2v) is 12.7. The summed E-state index contributed by atoms with van der Waals surface area (Å²) in [6.45, 7) is 8.35. The summed E-state index contributed by atoms with van der Waals surface area (Å²) in [7, 11) is 6.38. The number of hydrogen-bond acceptors (Lipinski definition) is 17. The van der Waals surface area contributed by atoms with Gasteiger partial charge in [-0.3, -0.25) is 0 Å². The SMILES string of the molecule is COCCOCOCC(C[N+]1(CC(=O)OC(=O)C[N+]2(CC(COCOCCOC)OCOCCOC)CCOCC2)CCOCC1)OCOCCOC. The third-order valence-corrected chi connectivity index (χ3v) is 8.62. The van der Waals surface area contributed by atoms with Crippen LogP contribution >= 0.6 is 0 Å². The predicted octanol–water partition coefficient (Wildman–Crippen LogP) is -0.964. The number of carbonyl (C=O) groups excluding carboxylic acids is 2. The van der Waals surface area contributed by atoms with Gasteiger partial charge in [0.2, 0.25) is 0 Å². The normalized spacial score (nSPS) is 18.1. The molecule has 2 saturated heterocycles. The average molecular weight is 775 g/mol. The Morgan fingerprint density at radius 1 is 0.491 bits per heavy atom. The third-order valence-electron chi connectivity index (χ3n) is 8.62. The van der Waals surface area contributed by atoms with E-state index in [0.717, 1.165) is 0 Å². The second kappa shape index (κ2) is 30.7. The molecule has 0 aliphatic carbocycles. The predicted molar refractivity (Wildman–Crippen MR) is 185 cm³/mol. The molecule has 19 heteroatoms. The number of ether oxygens (including phenoxy) is 15. The van der Waals surface area contributed by atoms with Crippen LogP contribution in [0.15, 0.2) is 0 Å². The average Bonchev–Trinajstić information content (AvgIpc) is 3.14. The highest BCUT2D eigenvalue weighted by Crippen LogP contribution is 2.18. The van der Waals surface area contributed by atoms with E-state index in [4.69, 9.17) is 71.1 Å². The Morgan fingerprint density at radius 2 is 0.830 bits per heavy atom. The van der Waals surface area contributed by atoms with E-state index in [9.17, 15) is 9.59 Å². The number of hydrogen-bond donors (Lipinski definition) is 0. The lowest BCUT2D eigenvalue weighted by atomic mass is 10.2. The van der Waals surface area contributed by atoms with Crippen LogP contribution in [0.5, 0.6) is 0 Å². The molecule has 0 amide bonds.